The minimum atomic E-state index is -0.804. The van der Waals surface area contributed by atoms with Crippen LogP contribution in [0.4, 0.5) is 14.5 Å². The molecule has 0 unspecified atom stereocenters. The van der Waals surface area contributed by atoms with Crippen LogP contribution >= 0.6 is 15.9 Å². The molecule has 2 rings (SSSR count). The van der Waals surface area contributed by atoms with Crippen molar-refractivity contribution in [2.75, 3.05) is 0 Å². The molecule has 4 nitrogen and oxygen atoms in total. The first-order valence-electron chi connectivity index (χ1n) is 5.03. The predicted molar refractivity (Wildman–Crippen MR) is 67.2 cm³/mol. The van der Waals surface area contributed by atoms with E-state index < -0.39 is 22.2 Å². The lowest BCUT2D eigenvalue weighted by Crippen LogP contribution is -1.92. The van der Waals surface area contributed by atoms with E-state index in [-0.39, 0.29) is 16.0 Å². The average molecular weight is 330 g/mol. The summed E-state index contributed by atoms with van der Waals surface area (Å²) in [5, 5.41) is 10.6. The molecule has 2 aromatic rings. The molecule has 0 aliphatic heterocycles. The van der Waals surface area contributed by atoms with Gasteiger partial charge in [-0.05, 0) is 28.1 Å². The molecule has 0 N–H and O–H groups in total. The van der Waals surface area contributed by atoms with Gasteiger partial charge in [-0.3, -0.25) is 10.1 Å². The van der Waals surface area contributed by atoms with Crippen molar-refractivity contribution in [2.24, 2.45) is 0 Å². The minimum Gasteiger partial charge on any atom is -0.457 e. The highest BCUT2D eigenvalue weighted by molar-refractivity contribution is 9.10. The fraction of sp³-hybridized carbons (Fsp3) is 0. The van der Waals surface area contributed by atoms with Crippen molar-refractivity contribution in [2.45, 2.75) is 0 Å². The largest absolute Gasteiger partial charge is 0.457 e. The number of benzene rings is 2. The zero-order valence-corrected chi connectivity index (χ0v) is 10.9. The molecule has 0 atom stereocenters. The van der Waals surface area contributed by atoms with Crippen LogP contribution in [0.3, 0.4) is 0 Å². The molecule has 0 radical (unpaired) electrons. The molecule has 7 heteroatoms. The molecule has 0 saturated heterocycles. The Morgan fingerprint density at radius 3 is 2.47 bits per heavy atom. The summed E-state index contributed by atoms with van der Waals surface area (Å²) < 4.78 is 31.9. The van der Waals surface area contributed by atoms with Crippen molar-refractivity contribution >= 4 is 21.6 Å². The van der Waals surface area contributed by atoms with Gasteiger partial charge in [-0.15, -0.1) is 0 Å². The van der Waals surface area contributed by atoms with Gasteiger partial charge >= 0.3 is 0 Å². The van der Waals surface area contributed by atoms with Crippen molar-refractivity contribution in [1.29, 1.82) is 0 Å². The molecule has 19 heavy (non-hydrogen) atoms. The highest BCUT2D eigenvalue weighted by Crippen LogP contribution is 2.28. The van der Waals surface area contributed by atoms with Gasteiger partial charge < -0.3 is 4.74 Å². The van der Waals surface area contributed by atoms with E-state index in [9.17, 15) is 18.9 Å². The zero-order valence-electron chi connectivity index (χ0n) is 9.27. The first-order chi connectivity index (χ1) is 8.95. The number of hydrogen-bond donors (Lipinski definition) is 0. The van der Waals surface area contributed by atoms with E-state index in [4.69, 9.17) is 4.74 Å². The van der Waals surface area contributed by atoms with Gasteiger partial charge in [0.25, 0.3) is 5.69 Å². The minimum absolute atomic E-state index is 0.0755. The van der Waals surface area contributed by atoms with Crippen LogP contribution in [0.15, 0.2) is 40.9 Å². The molecular formula is C12H6BrF2NO3. The number of halogens is 3. The summed E-state index contributed by atoms with van der Waals surface area (Å²) in [6, 6.07) is 6.76. The summed E-state index contributed by atoms with van der Waals surface area (Å²) in [6.07, 6.45) is 0. The summed E-state index contributed by atoms with van der Waals surface area (Å²) in [4.78, 5) is 9.84. The number of non-ortho nitro benzene ring substituents is 1. The number of nitro groups is 1. The van der Waals surface area contributed by atoms with Gasteiger partial charge in [-0.1, -0.05) is 0 Å². The van der Waals surface area contributed by atoms with E-state index in [1.165, 1.54) is 12.1 Å². The molecule has 0 aliphatic carbocycles. The van der Waals surface area contributed by atoms with Crippen molar-refractivity contribution in [3.63, 3.8) is 0 Å². The number of ether oxygens (including phenoxy) is 1. The van der Waals surface area contributed by atoms with E-state index in [0.717, 1.165) is 24.3 Å². The normalized spacial score (nSPS) is 10.3. The highest BCUT2D eigenvalue weighted by Gasteiger charge is 2.11. The molecule has 0 aromatic heterocycles. The van der Waals surface area contributed by atoms with Gasteiger partial charge in [0.2, 0.25) is 0 Å². The molecule has 0 aliphatic rings. The Morgan fingerprint density at radius 2 is 1.84 bits per heavy atom. The quantitative estimate of drug-likeness (QED) is 0.618. The Hall–Kier alpha value is -2.02. The highest BCUT2D eigenvalue weighted by atomic mass is 79.9. The molecular weight excluding hydrogens is 324 g/mol. The summed E-state index contributed by atoms with van der Waals surface area (Å²) in [7, 11) is 0. The fourth-order valence-electron chi connectivity index (χ4n) is 1.39. The molecule has 0 bridgehead atoms. The molecule has 0 heterocycles. The molecule has 98 valence electrons. The molecule has 2 aromatic carbocycles. The van der Waals surface area contributed by atoms with Crippen LogP contribution in [-0.2, 0) is 0 Å². The van der Waals surface area contributed by atoms with Crippen LogP contribution in [-0.4, -0.2) is 4.92 Å². The number of nitrogens with zero attached hydrogens (tertiary/aromatic N) is 1. The third kappa shape index (κ3) is 3.25. The first kappa shape index (κ1) is 13.4. The second kappa shape index (κ2) is 5.31. The molecule has 0 fully saturated rings. The van der Waals surface area contributed by atoms with Crippen molar-refractivity contribution in [3.05, 3.63) is 62.6 Å². The van der Waals surface area contributed by atoms with Crippen LogP contribution in [0.1, 0.15) is 0 Å². The summed E-state index contributed by atoms with van der Waals surface area (Å²) in [5.74, 6) is -1.32. The Bertz CT molecular complexity index is 649. The Labute approximate surface area is 114 Å². The van der Waals surface area contributed by atoms with E-state index >= 15 is 0 Å². The van der Waals surface area contributed by atoms with Gasteiger partial charge in [0.1, 0.15) is 23.1 Å². The van der Waals surface area contributed by atoms with E-state index in [1.807, 2.05) is 0 Å². The lowest BCUT2D eigenvalue weighted by Gasteiger charge is -2.06. The summed E-state index contributed by atoms with van der Waals surface area (Å²) >= 11 is 2.98. The number of nitro benzene ring substituents is 1. The van der Waals surface area contributed by atoms with Crippen LogP contribution in [0.25, 0.3) is 0 Å². The molecule has 0 spiro atoms. The monoisotopic (exact) mass is 329 g/mol. The maximum Gasteiger partial charge on any atom is 0.276 e. The standard InChI is InChI=1S/C12H6BrF2NO3/c13-11-2-1-9(6-12(11)15)19-10-4-7(14)3-8(5-10)16(17)18/h1-6H. The molecule has 0 saturated carbocycles. The van der Waals surface area contributed by atoms with E-state index in [2.05, 4.69) is 15.9 Å². The topological polar surface area (TPSA) is 52.4 Å². The number of rotatable bonds is 3. The van der Waals surface area contributed by atoms with Crippen LogP contribution in [0.5, 0.6) is 11.5 Å². The van der Waals surface area contributed by atoms with Gasteiger partial charge in [-0.25, -0.2) is 8.78 Å². The zero-order chi connectivity index (χ0) is 14.0. The average Bonchev–Trinajstić information content (AvgIpc) is 2.33. The molecule has 0 amide bonds. The second-order valence-electron chi connectivity index (χ2n) is 3.58. The van der Waals surface area contributed by atoms with Gasteiger partial charge in [0, 0.05) is 12.1 Å². The maximum absolute atomic E-state index is 13.3. The van der Waals surface area contributed by atoms with Gasteiger partial charge in [-0.2, -0.15) is 0 Å². The van der Waals surface area contributed by atoms with Crippen LogP contribution in [0, 0.1) is 21.7 Å². The SMILES string of the molecule is O=[N+]([O-])c1cc(F)cc(Oc2ccc(Br)c(F)c2)c1. The van der Waals surface area contributed by atoms with Gasteiger partial charge in [0.05, 0.1) is 21.5 Å². The fourth-order valence-corrected chi connectivity index (χ4v) is 1.64. The Kier molecular flexibility index (Phi) is 3.75. The summed E-state index contributed by atoms with van der Waals surface area (Å²) in [6.45, 7) is 0. The van der Waals surface area contributed by atoms with Crippen molar-refractivity contribution < 1.29 is 18.4 Å². The predicted octanol–water partition coefficient (Wildman–Crippen LogP) is 4.43. The number of hydrogen-bond acceptors (Lipinski definition) is 3. The van der Waals surface area contributed by atoms with Gasteiger partial charge in [0.15, 0.2) is 0 Å². The smallest absolute Gasteiger partial charge is 0.276 e. The van der Waals surface area contributed by atoms with Crippen LogP contribution in [0.2, 0.25) is 0 Å². The van der Waals surface area contributed by atoms with Crippen molar-refractivity contribution in [1.82, 2.24) is 0 Å². The Balaban J connectivity index is 2.32. The lowest BCUT2D eigenvalue weighted by atomic mass is 10.3. The van der Waals surface area contributed by atoms with Crippen LogP contribution < -0.4 is 4.74 Å². The summed E-state index contributed by atoms with van der Waals surface area (Å²) in [5.41, 5.74) is -0.437. The Morgan fingerprint density at radius 1 is 1.11 bits per heavy atom. The van der Waals surface area contributed by atoms with E-state index in [1.54, 1.807) is 0 Å². The van der Waals surface area contributed by atoms with Crippen molar-refractivity contribution in [3.8, 4) is 11.5 Å². The third-order valence-corrected chi connectivity index (χ3v) is 2.84. The maximum atomic E-state index is 13.3. The first-order valence-corrected chi connectivity index (χ1v) is 5.83. The second-order valence-corrected chi connectivity index (χ2v) is 4.43. The lowest BCUT2D eigenvalue weighted by molar-refractivity contribution is -0.385. The van der Waals surface area contributed by atoms with E-state index in [0.29, 0.717) is 0 Å². The third-order valence-electron chi connectivity index (χ3n) is 2.19.